The van der Waals surface area contributed by atoms with E-state index in [1.165, 1.54) is 76.7 Å². The summed E-state index contributed by atoms with van der Waals surface area (Å²) in [6, 6.07) is 3.08. The van der Waals surface area contributed by atoms with Gasteiger partial charge in [0.05, 0.1) is 0 Å². The first-order valence-electron chi connectivity index (χ1n) is 14.8. The molecular weight excluding hydrogens is 477 g/mol. The Bertz CT molecular complexity index is 750. The molecule has 0 radical (unpaired) electrons. The van der Waals surface area contributed by atoms with Crippen LogP contribution in [0.15, 0.2) is 12.1 Å². The van der Waals surface area contributed by atoms with E-state index in [4.69, 9.17) is 4.74 Å². The molecule has 0 heterocycles. The van der Waals surface area contributed by atoms with Gasteiger partial charge in [0, 0.05) is 6.42 Å². The third kappa shape index (κ3) is 11.1. The van der Waals surface area contributed by atoms with Gasteiger partial charge in [0.15, 0.2) is 11.6 Å². The number of unbranched alkanes of at least 4 members (excludes halogenated alkanes) is 11. The number of benzene rings is 1. The van der Waals surface area contributed by atoms with E-state index in [0.717, 1.165) is 44.9 Å². The van der Waals surface area contributed by atoms with Crippen molar-refractivity contribution in [1.29, 1.82) is 0 Å². The van der Waals surface area contributed by atoms with E-state index in [9.17, 15) is 13.8 Å². The van der Waals surface area contributed by atoms with Gasteiger partial charge in [-0.2, -0.15) is 9.28 Å². The molecule has 1 N–H and O–H groups in total. The van der Waals surface area contributed by atoms with Crippen molar-refractivity contribution in [2.75, 3.05) is 0 Å². The SMILES string of the molecule is CCCCCCCCCCC(Oc1ccc(C2CCC(CCCCCCC)CC2)c(F)c1F)[P+](=O)O. The fourth-order valence-electron chi connectivity index (χ4n) is 5.57. The largest absolute Gasteiger partial charge is 0.550 e. The molecule has 0 aromatic heterocycles. The molecule has 206 valence electrons. The summed E-state index contributed by atoms with van der Waals surface area (Å²) in [5.41, 5.74) is 0.425. The average Bonchev–Trinajstić information content (AvgIpc) is 2.87. The molecule has 1 saturated carbocycles. The van der Waals surface area contributed by atoms with E-state index in [2.05, 4.69) is 13.8 Å². The summed E-state index contributed by atoms with van der Waals surface area (Å²) < 4.78 is 47.3. The molecule has 0 saturated heterocycles. The van der Waals surface area contributed by atoms with Gasteiger partial charge >= 0.3 is 13.9 Å². The zero-order valence-corrected chi connectivity index (χ0v) is 23.7. The summed E-state index contributed by atoms with van der Waals surface area (Å²) in [6.07, 6.45) is 20.9. The van der Waals surface area contributed by atoms with Crippen molar-refractivity contribution in [2.45, 2.75) is 148 Å². The van der Waals surface area contributed by atoms with Crippen molar-refractivity contribution >= 4 is 8.03 Å². The number of hydrogen-bond acceptors (Lipinski definition) is 2. The highest BCUT2D eigenvalue weighted by Gasteiger charge is 2.33. The van der Waals surface area contributed by atoms with Crippen molar-refractivity contribution in [3.8, 4) is 5.75 Å². The molecule has 1 aromatic rings. The minimum absolute atomic E-state index is 0.0347. The lowest BCUT2D eigenvalue weighted by atomic mass is 9.77. The maximum Gasteiger partial charge on any atom is 0.550 e. The summed E-state index contributed by atoms with van der Waals surface area (Å²) in [5, 5.41) is 0. The Hall–Kier alpha value is -1.06. The summed E-state index contributed by atoms with van der Waals surface area (Å²) in [5.74, 6) is -2.40. The maximum absolute atomic E-state index is 15.0. The second-order valence-corrected chi connectivity index (χ2v) is 12.0. The molecule has 6 heteroatoms. The summed E-state index contributed by atoms with van der Waals surface area (Å²) in [6.45, 7) is 4.42. The Morgan fingerprint density at radius 3 is 1.97 bits per heavy atom. The van der Waals surface area contributed by atoms with Crippen LogP contribution in [0.5, 0.6) is 5.75 Å². The Balaban J connectivity index is 1.81. The topological polar surface area (TPSA) is 46.5 Å². The second kappa shape index (κ2) is 18.2. The molecule has 1 aliphatic carbocycles. The van der Waals surface area contributed by atoms with Crippen LogP contribution in [0, 0.1) is 17.6 Å². The van der Waals surface area contributed by atoms with Crippen molar-refractivity contribution in [3.63, 3.8) is 0 Å². The first-order chi connectivity index (χ1) is 17.5. The van der Waals surface area contributed by atoms with E-state index < -0.39 is 25.5 Å². The molecule has 0 spiro atoms. The zero-order valence-electron chi connectivity index (χ0n) is 22.8. The molecular formula is C30H50F2O3P+. The minimum atomic E-state index is -2.64. The fraction of sp³-hybridized carbons (Fsp3) is 0.800. The van der Waals surface area contributed by atoms with Gasteiger partial charge in [-0.15, -0.1) is 0 Å². The van der Waals surface area contributed by atoms with E-state index >= 15 is 4.39 Å². The van der Waals surface area contributed by atoms with Gasteiger partial charge in [-0.05, 0) is 60.1 Å². The van der Waals surface area contributed by atoms with Crippen molar-refractivity contribution in [2.24, 2.45) is 5.92 Å². The number of rotatable bonds is 19. The second-order valence-electron chi connectivity index (χ2n) is 10.8. The average molecular weight is 528 g/mol. The molecule has 2 rings (SSSR count). The Morgan fingerprint density at radius 2 is 1.39 bits per heavy atom. The summed E-state index contributed by atoms with van der Waals surface area (Å²) in [7, 11) is -2.64. The van der Waals surface area contributed by atoms with Gasteiger partial charge in [0.25, 0.3) is 0 Å². The predicted molar refractivity (Wildman–Crippen MR) is 146 cm³/mol. The molecule has 2 unspecified atom stereocenters. The van der Waals surface area contributed by atoms with Crippen LogP contribution in [0.4, 0.5) is 8.78 Å². The lowest BCUT2D eigenvalue weighted by Gasteiger charge is -2.29. The van der Waals surface area contributed by atoms with Crippen LogP contribution >= 0.6 is 8.03 Å². The number of hydrogen-bond donors (Lipinski definition) is 1. The molecule has 1 aliphatic rings. The van der Waals surface area contributed by atoms with Crippen LogP contribution in [0.3, 0.4) is 0 Å². The highest BCUT2D eigenvalue weighted by Crippen LogP contribution is 2.41. The molecule has 1 aromatic carbocycles. The van der Waals surface area contributed by atoms with Crippen molar-refractivity contribution in [1.82, 2.24) is 0 Å². The Kier molecular flexibility index (Phi) is 15.8. The third-order valence-electron chi connectivity index (χ3n) is 7.89. The van der Waals surface area contributed by atoms with Crippen LogP contribution in [0.2, 0.25) is 0 Å². The molecule has 0 aliphatic heterocycles. The highest BCUT2D eigenvalue weighted by atomic mass is 31.1. The lowest BCUT2D eigenvalue weighted by molar-refractivity contribution is 0.232. The smallest absolute Gasteiger partial charge is 0.441 e. The third-order valence-corrected chi connectivity index (χ3v) is 8.75. The molecule has 3 nitrogen and oxygen atoms in total. The molecule has 0 amide bonds. The van der Waals surface area contributed by atoms with Gasteiger partial charge in [0.2, 0.25) is 5.82 Å². The summed E-state index contributed by atoms with van der Waals surface area (Å²) in [4.78, 5) is 9.69. The maximum atomic E-state index is 15.0. The van der Waals surface area contributed by atoms with E-state index in [-0.39, 0.29) is 11.7 Å². The van der Waals surface area contributed by atoms with Gasteiger partial charge in [-0.1, -0.05) is 103 Å². The summed E-state index contributed by atoms with van der Waals surface area (Å²) >= 11 is 0. The van der Waals surface area contributed by atoms with Crippen LogP contribution in [0.25, 0.3) is 0 Å². The van der Waals surface area contributed by atoms with E-state index in [0.29, 0.717) is 17.9 Å². The Morgan fingerprint density at radius 1 is 0.833 bits per heavy atom. The minimum Gasteiger partial charge on any atom is -0.441 e. The quantitative estimate of drug-likeness (QED) is 0.144. The van der Waals surface area contributed by atoms with Crippen molar-refractivity contribution < 1.29 is 23.0 Å². The Labute approximate surface area is 219 Å². The van der Waals surface area contributed by atoms with E-state index in [1.54, 1.807) is 6.07 Å². The first kappa shape index (κ1) is 31.2. The molecule has 2 atom stereocenters. The van der Waals surface area contributed by atoms with Crippen LogP contribution < -0.4 is 4.74 Å². The zero-order chi connectivity index (χ0) is 26.2. The number of ether oxygens (including phenoxy) is 1. The van der Waals surface area contributed by atoms with Gasteiger partial charge < -0.3 is 4.74 Å². The van der Waals surface area contributed by atoms with Gasteiger partial charge in [-0.3, -0.25) is 0 Å². The van der Waals surface area contributed by atoms with Crippen LogP contribution in [-0.2, 0) is 4.57 Å². The normalized spacial score (nSPS) is 19.3. The lowest BCUT2D eigenvalue weighted by Crippen LogP contribution is -2.16. The van der Waals surface area contributed by atoms with Crippen molar-refractivity contribution in [3.05, 3.63) is 29.3 Å². The number of halogens is 2. The van der Waals surface area contributed by atoms with Crippen LogP contribution in [0.1, 0.15) is 147 Å². The van der Waals surface area contributed by atoms with Crippen LogP contribution in [-0.4, -0.2) is 10.7 Å². The molecule has 1 fully saturated rings. The molecule has 0 bridgehead atoms. The van der Waals surface area contributed by atoms with Gasteiger partial charge in [-0.25, -0.2) is 4.39 Å². The monoisotopic (exact) mass is 527 g/mol. The predicted octanol–water partition coefficient (Wildman–Crippen LogP) is 10.6. The standard InChI is InChI=1S/C30H49F2O3P/c1-3-5-7-9-10-11-13-15-17-28(36(33)34)35-27-23-22-26(29(31)30(27)32)25-20-18-24(19-21-25)16-14-12-8-6-4-2/h22-25,28H,3-21H2,1-2H3/p+1. The van der Waals surface area contributed by atoms with E-state index in [1.807, 2.05) is 0 Å². The fourth-order valence-corrected chi connectivity index (χ4v) is 6.17. The highest BCUT2D eigenvalue weighted by molar-refractivity contribution is 7.38. The molecule has 36 heavy (non-hydrogen) atoms. The first-order valence-corrected chi connectivity index (χ1v) is 16.1. The van der Waals surface area contributed by atoms with Gasteiger partial charge in [0.1, 0.15) is 0 Å².